The average molecular weight is 335 g/mol. The summed E-state index contributed by atoms with van der Waals surface area (Å²) in [5, 5.41) is 0. The van der Waals surface area contributed by atoms with Crippen molar-refractivity contribution in [2.24, 2.45) is 0 Å². The van der Waals surface area contributed by atoms with Gasteiger partial charge in [-0.15, -0.1) is 0 Å². The molecule has 1 atom stereocenters. The van der Waals surface area contributed by atoms with Crippen LogP contribution < -0.4 is 4.90 Å². The molecule has 4 nitrogen and oxygen atoms in total. The van der Waals surface area contributed by atoms with E-state index in [0.717, 1.165) is 11.0 Å². The molecular weight excluding hydrogens is 323 g/mol. The second-order valence-electron chi connectivity index (χ2n) is 5.27. The number of hydrogen-bond acceptors (Lipinski definition) is 3. The molecule has 3 rings (SSSR count). The molecule has 0 unspecified atom stereocenters. The molecule has 0 spiro atoms. The highest BCUT2D eigenvalue weighted by atomic mass is 19.2. The zero-order chi connectivity index (χ0) is 17.4. The highest BCUT2D eigenvalue weighted by molar-refractivity contribution is 6.09. The summed E-state index contributed by atoms with van der Waals surface area (Å²) in [5.41, 5.74) is 0.358. The third-order valence-corrected chi connectivity index (χ3v) is 3.96. The fourth-order valence-corrected chi connectivity index (χ4v) is 2.78. The van der Waals surface area contributed by atoms with Crippen LogP contribution in [0.4, 0.5) is 18.9 Å². The Morgan fingerprint density at radius 3 is 2.50 bits per heavy atom. The lowest BCUT2D eigenvalue weighted by Crippen LogP contribution is -2.32. The largest absolute Gasteiger partial charge is 0.468 e. The first-order chi connectivity index (χ1) is 11.5. The molecule has 24 heavy (non-hydrogen) atoms. The highest BCUT2D eigenvalue weighted by Crippen LogP contribution is 2.37. The van der Waals surface area contributed by atoms with Crippen LogP contribution in [0.15, 0.2) is 36.4 Å². The molecule has 2 aromatic carbocycles. The van der Waals surface area contributed by atoms with Gasteiger partial charge in [0, 0.05) is 12.2 Å². The minimum absolute atomic E-state index is 0.0662. The quantitative estimate of drug-likeness (QED) is 0.626. The average Bonchev–Trinajstić information content (AvgIpc) is 2.98. The Hall–Kier alpha value is -2.83. The number of carbonyl (C=O) groups is 2. The van der Waals surface area contributed by atoms with E-state index in [9.17, 15) is 22.8 Å². The first kappa shape index (κ1) is 16.0. The topological polar surface area (TPSA) is 46.6 Å². The lowest BCUT2D eigenvalue weighted by molar-refractivity contribution is -0.141. The molecule has 0 radical (unpaired) electrons. The molecule has 0 aromatic heterocycles. The van der Waals surface area contributed by atoms with Gasteiger partial charge in [-0.2, -0.15) is 0 Å². The Morgan fingerprint density at radius 1 is 1.08 bits per heavy atom. The molecule has 124 valence electrons. The van der Waals surface area contributed by atoms with Gasteiger partial charge in [-0.25, -0.2) is 13.2 Å². The molecule has 1 aliphatic heterocycles. The summed E-state index contributed by atoms with van der Waals surface area (Å²) in [6.45, 7) is -0.0662. The van der Waals surface area contributed by atoms with Crippen molar-refractivity contribution < 1.29 is 27.5 Å². The molecule has 0 aliphatic carbocycles. The van der Waals surface area contributed by atoms with Crippen molar-refractivity contribution in [2.75, 3.05) is 18.6 Å². The van der Waals surface area contributed by atoms with Gasteiger partial charge in [0.15, 0.2) is 17.5 Å². The normalized spacial score (nSPS) is 16.0. The number of amides is 1. The number of esters is 1. The Labute approximate surface area is 135 Å². The summed E-state index contributed by atoms with van der Waals surface area (Å²) in [4.78, 5) is 25.7. The molecule has 0 bridgehead atoms. The Kier molecular flexibility index (Phi) is 4.01. The molecule has 0 saturated heterocycles. The first-order valence-electron chi connectivity index (χ1n) is 7.07. The zero-order valence-corrected chi connectivity index (χ0v) is 12.6. The molecule has 7 heteroatoms. The number of carbonyl (C=O) groups excluding carboxylic acids is 2. The zero-order valence-electron chi connectivity index (χ0n) is 12.6. The van der Waals surface area contributed by atoms with Crippen molar-refractivity contribution in [2.45, 2.75) is 5.92 Å². The second kappa shape index (κ2) is 5.99. The molecular formula is C17H12F3NO3. The van der Waals surface area contributed by atoms with Crippen LogP contribution in [0.1, 0.15) is 21.8 Å². The predicted octanol–water partition coefficient (Wildman–Crippen LogP) is 3.02. The van der Waals surface area contributed by atoms with Crippen molar-refractivity contribution in [1.29, 1.82) is 0 Å². The summed E-state index contributed by atoms with van der Waals surface area (Å²) in [6.07, 6.45) is 0. The van der Waals surface area contributed by atoms with E-state index in [1.54, 1.807) is 24.3 Å². The van der Waals surface area contributed by atoms with Crippen LogP contribution in [0.3, 0.4) is 0 Å². The molecule has 1 heterocycles. The molecule has 0 saturated carbocycles. The molecule has 2 aromatic rings. The van der Waals surface area contributed by atoms with Crippen molar-refractivity contribution in [3.05, 3.63) is 65.0 Å². The fourth-order valence-electron chi connectivity index (χ4n) is 2.78. The van der Waals surface area contributed by atoms with E-state index in [0.29, 0.717) is 17.3 Å². The molecule has 0 fully saturated rings. The van der Waals surface area contributed by atoms with Crippen LogP contribution in [0.5, 0.6) is 0 Å². The maximum absolute atomic E-state index is 13.9. The SMILES string of the molecule is COC(=O)[C@H]1CN(C(=O)c2ccc(F)c(F)c2F)c2ccccc21. The number of benzene rings is 2. The Balaban J connectivity index is 2.03. The van der Waals surface area contributed by atoms with Crippen molar-refractivity contribution in [3.63, 3.8) is 0 Å². The summed E-state index contributed by atoms with van der Waals surface area (Å²) < 4.78 is 45.1. The van der Waals surface area contributed by atoms with Crippen LogP contribution in [-0.2, 0) is 9.53 Å². The highest BCUT2D eigenvalue weighted by Gasteiger charge is 2.38. The van der Waals surface area contributed by atoms with E-state index in [4.69, 9.17) is 4.74 Å². The van der Waals surface area contributed by atoms with E-state index in [2.05, 4.69) is 0 Å². The van der Waals surface area contributed by atoms with Gasteiger partial charge in [-0.3, -0.25) is 9.59 Å². The van der Waals surface area contributed by atoms with Crippen LogP contribution in [-0.4, -0.2) is 25.5 Å². The smallest absolute Gasteiger partial charge is 0.315 e. The van der Waals surface area contributed by atoms with Gasteiger partial charge < -0.3 is 9.64 Å². The van der Waals surface area contributed by atoms with E-state index in [1.165, 1.54) is 7.11 Å². The third kappa shape index (κ3) is 2.42. The number of rotatable bonds is 2. The van der Waals surface area contributed by atoms with Crippen molar-refractivity contribution >= 4 is 17.6 Å². The summed E-state index contributed by atoms with van der Waals surface area (Å²) in [6, 6.07) is 8.16. The minimum Gasteiger partial charge on any atom is -0.468 e. The number of fused-ring (bicyclic) bond motifs is 1. The van der Waals surface area contributed by atoms with Crippen molar-refractivity contribution in [1.82, 2.24) is 0 Å². The van der Waals surface area contributed by atoms with E-state index in [1.807, 2.05) is 0 Å². The van der Waals surface area contributed by atoms with Gasteiger partial charge in [0.2, 0.25) is 0 Å². The van der Waals surface area contributed by atoms with Gasteiger partial charge in [0.1, 0.15) is 5.92 Å². The standard InChI is InChI=1S/C17H12F3NO3/c1-24-17(23)11-8-21(13-5-3-2-4-9(11)13)16(22)10-6-7-12(18)15(20)14(10)19/h2-7,11H,8H2,1H3/t11-/m0/s1. The number of nitrogens with zero attached hydrogens (tertiary/aromatic N) is 1. The van der Waals surface area contributed by atoms with Crippen LogP contribution in [0, 0.1) is 17.5 Å². The molecule has 1 amide bonds. The van der Waals surface area contributed by atoms with Gasteiger partial charge >= 0.3 is 5.97 Å². The number of hydrogen-bond donors (Lipinski definition) is 0. The van der Waals surface area contributed by atoms with Crippen LogP contribution >= 0.6 is 0 Å². The number of methoxy groups -OCH3 is 1. The van der Waals surface area contributed by atoms with Gasteiger partial charge in [0.05, 0.1) is 12.7 Å². The lowest BCUT2D eigenvalue weighted by Gasteiger charge is -2.18. The maximum Gasteiger partial charge on any atom is 0.315 e. The van der Waals surface area contributed by atoms with E-state index < -0.39 is 40.8 Å². The predicted molar refractivity (Wildman–Crippen MR) is 79.2 cm³/mol. The summed E-state index contributed by atoms with van der Waals surface area (Å²) >= 11 is 0. The van der Waals surface area contributed by atoms with E-state index >= 15 is 0 Å². The van der Waals surface area contributed by atoms with Crippen molar-refractivity contribution in [3.8, 4) is 0 Å². The minimum atomic E-state index is -1.71. The molecule has 1 aliphatic rings. The molecule has 0 N–H and O–H groups in total. The maximum atomic E-state index is 13.9. The van der Waals surface area contributed by atoms with Crippen LogP contribution in [0.25, 0.3) is 0 Å². The van der Waals surface area contributed by atoms with Gasteiger partial charge in [-0.05, 0) is 23.8 Å². The Bertz CT molecular complexity index is 838. The third-order valence-electron chi connectivity index (χ3n) is 3.96. The fraction of sp³-hybridized carbons (Fsp3) is 0.176. The number of halogens is 3. The lowest BCUT2D eigenvalue weighted by atomic mass is 10.0. The first-order valence-corrected chi connectivity index (χ1v) is 7.07. The monoisotopic (exact) mass is 335 g/mol. The number of ether oxygens (including phenoxy) is 1. The van der Waals surface area contributed by atoms with E-state index in [-0.39, 0.29) is 6.54 Å². The van der Waals surface area contributed by atoms with Gasteiger partial charge in [-0.1, -0.05) is 18.2 Å². The summed E-state index contributed by atoms with van der Waals surface area (Å²) in [7, 11) is 1.23. The number of para-hydroxylation sites is 1. The van der Waals surface area contributed by atoms with Crippen LogP contribution in [0.2, 0.25) is 0 Å². The summed E-state index contributed by atoms with van der Waals surface area (Å²) in [5.74, 6) is -6.76. The van der Waals surface area contributed by atoms with Gasteiger partial charge in [0.25, 0.3) is 5.91 Å². The number of anilines is 1. The Morgan fingerprint density at radius 2 is 1.79 bits per heavy atom. The second-order valence-corrected chi connectivity index (χ2v) is 5.27.